The standard InChI is InChI=1S/C23H30N2O5/c1-13(2)20(25-21(27)16-9-5-6-10-17(16)22(25)28)23(29)30-12-19(26)24-18-11-7-8-14(3)15(18)4/h5-6,9-10,13-15,18,20H,7-8,11-12H2,1-4H3,(H,24,26)/t14-,15+,18+,20+/m0/s1. The van der Waals surface area contributed by atoms with E-state index in [1.54, 1.807) is 38.1 Å². The summed E-state index contributed by atoms with van der Waals surface area (Å²) >= 11 is 0. The Bertz CT molecular complexity index is 815. The fourth-order valence-corrected chi connectivity index (χ4v) is 4.39. The zero-order chi connectivity index (χ0) is 22.0. The van der Waals surface area contributed by atoms with Gasteiger partial charge in [-0.3, -0.25) is 19.3 Å². The quantitative estimate of drug-likeness (QED) is 0.571. The number of rotatable bonds is 6. The van der Waals surface area contributed by atoms with Crippen LogP contribution in [0.2, 0.25) is 0 Å². The summed E-state index contributed by atoms with van der Waals surface area (Å²) in [5, 5.41) is 2.96. The van der Waals surface area contributed by atoms with E-state index in [2.05, 4.69) is 19.2 Å². The largest absolute Gasteiger partial charge is 0.454 e. The van der Waals surface area contributed by atoms with Gasteiger partial charge in [-0.25, -0.2) is 4.79 Å². The first-order chi connectivity index (χ1) is 14.2. The molecule has 1 heterocycles. The minimum absolute atomic E-state index is 0.0667. The first kappa shape index (κ1) is 22.0. The molecule has 162 valence electrons. The van der Waals surface area contributed by atoms with E-state index in [1.165, 1.54) is 0 Å². The van der Waals surface area contributed by atoms with Crippen molar-refractivity contribution in [1.29, 1.82) is 0 Å². The number of esters is 1. The first-order valence-electron chi connectivity index (χ1n) is 10.6. The highest BCUT2D eigenvalue weighted by atomic mass is 16.5. The van der Waals surface area contributed by atoms with Crippen molar-refractivity contribution < 1.29 is 23.9 Å². The van der Waals surface area contributed by atoms with Crippen molar-refractivity contribution in [2.24, 2.45) is 17.8 Å². The van der Waals surface area contributed by atoms with Crippen LogP contribution in [0.4, 0.5) is 0 Å². The highest BCUT2D eigenvalue weighted by molar-refractivity contribution is 6.22. The number of amides is 3. The smallest absolute Gasteiger partial charge is 0.330 e. The molecular formula is C23H30N2O5. The minimum atomic E-state index is -1.08. The fraction of sp³-hybridized carbons (Fsp3) is 0.565. The van der Waals surface area contributed by atoms with Crippen molar-refractivity contribution in [3.8, 4) is 0 Å². The molecule has 4 atom stereocenters. The summed E-state index contributed by atoms with van der Waals surface area (Å²) in [5.74, 6) is -1.60. The van der Waals surface area contributed by atoms with Crippen LogP contribution >= 0.6 is 0 Å². The Morgan fingerprint density at radius 3 is 2.27 bits per heavy atom. The summed E-state index contributed by atoms with van der Waals surface area (Å²) in [6.07, 6.45) is 3.12. The van der Waals surface area contributed by atoms with Gasteiger partial charge in [0.05, 0.1) is 11.1 Å². The Morgan fingerprint density at radius 1 is 1.10 bits per heavy atom. The fourth-order valence-electron chi connectivity index (χ4n) is 4.39. The van der Waals surface area contributed by atoms with Crippen LogP contribution in [0, 0.1) is 17.8 Å². The molecule has 0 saturated heterocycles. The second-order valence-electron chi connectivity index (χ2n) is 8.76. The number of ether oxygens (including phenoxy) is 1. The van der Waals surface area contributed by atoms with Gasteiger partial charge in [0.1, 0.15) is 6.04 Å². The molecule has 1 aliphatic heterocycles. The molecule has 3 rings (SSSR count). The van der Waals surface area contributed by atoms with Crippen molar-refractivity contribution in [2.45, 2.75) is 59.0 Å². The first-order valence-corrected chi connectivity index (χ1v) is 10.6. The summed E-state index contributed by atoms with van der Waals surface area (Å²) in [5.41, 5.74) is 0.554. The van der Waals surface area contributed by atoms with Crippen LogP contribution in [0.5, 0.6) is 0 Å². The van der Waals surface area contributed by atoms with Gasteiger partial charge in [-0.15, -0.1) is 0 Å². The average molecular weight is 415 g/mol. The number of nitrogens with one attached hydrogen (secondary N) is 1. The average Bonchev–Trinajstić information content (AvgIpc) is 2.95. The zero-order valence-electron chi connectivity index (χ0n) is 18.0. The molecule has 1 aromatic rings. The number of hydrogen-bond donors (Lipinski definition) is 1. The third-order valence-electron chi connectivity index (χ3n) is 6.38. The van der Waals surface area contributed by atoms with Gasteiger partial charge in [0, 0.05) is 6.04 Å². The lowest BCUT2D eigenvalue weighted by atomic mass is 9.78. The highest BCUT2D eigenvalue weighted by Crippen LogP contribution is 2.30. The molecule has 0 spiro atoms. The Kier molecular flexibility index (Phi) is 6.58. The van der Waals surface area contributed by atoms with E-state index in [0.29, 0.717) is 11.8 Å². The topological polar surface area (TPSA) is 92.8 Å². The van der Waals surface area contributed by atoms with Crippen LogP contribution in [0.3, 0.4) is 0 Å². The summed E-state index contributed by atoms with van der Waals surface area (Å²) < 4.78 is 5.24. The maximum Gasteiger partial charge on any atom is 0.330 e. The van der Waals surface area contributed by atoms with Gasteiger partial charge < -0.3 is 10.1 Å². The summed E-state index contributed by atoms with van der Waals surface area (Å²) in [6, 6.07) is 5.47. The molecule has 1 aromatic carbocycles. The molecule has 0 unspecified atom stereocenters. The van der Waals surface area contributed by atoms with Crippen LogP contribution in [-0.2, 0) is 14.3 Å². The molecule has 0 bridgehead atoms. The number of carbonyl (C=O) groups excluding carboxylic acids is 4. The van der Waals surface area contributed by atoms with Gasteiger partial charge in [0.15, 0.2) is 6.61 Å². The summed E-state index contributed by atoms with van der Waals surface area (Å²) in [4.78, 5) is 51.6. The number of nitrogens with zero attached hydrogens (tertiary/aromatic N) is 1. The lowest BCUT2D eigenvalue weighted by Crippen LogP contribution is -2.50. The van der Waals surface area contributed by atoms with E-state index >= 15 is 0 Å². The number of benzene rings is 1. The molecule has 1 aliphatic carbocycles. The van der Waals surface area contributed by atoms with Crippen molar-refractivity contribution in [3.63, 3.8) is 0 Å². The number of imide groups is 1. The summed E-state index contributed by atoms with van der Waals surface area (Å²) in [6.45, 7) is 7.35. The number of carbonyl (C=O) groups is 4. The third kappa shape index (κ3) is 4.25. The van der Waals surface area contributed by atoms with Gasteiger partial charge in [0.2, 0.25) is 0 Å². The van der Waals surface area contributed by atoms with E-state index in [9.17, 15) is 19.2 Å². The van der Waals surface area contributed by atoms with Crippen LogP contribution in [0.25, 0.3) is 0 Å². The lowest BCUT2D eigenvalue weighted by Gasteiger charge is -2.34. The molecule has 1 fully saturated rings. The third-order valence-corrected chi connectivity index (χ3v) is 6.38. The predicted octanol–water partition coefficient (Wildman–Crippen LogP) is 2.79. The van der Waals surface area contributed by atoms with Gasteiger partial charge in [0.25, 0.3) is 17.7 Å². The molecule has 1 saturated carbocycles. The highest BCUT2D eigenvalue weighted by Gasteiger charge is 2.44. The van der Waals surface area contributed by atoms with Crippen LogP contribution in [0.1, 0.15) is 67.7 Å². The van der Waals surface area contributed by atoms with Gasteiger partial charge in [-0.05, 0) is 36.3 Å². The molecule has 7 nitrogen and oxygen atoms in total. The Hall–Kier alpha value is -2.70. The molecule has 7 heteroatoms. The van der Waals surface area contributed by atoms with E-state index in [0.717, 1.165) is 24.2 Å². The van der Waals surface area contributed by atoms with Gasteiger partial charge in [-0.1, -0.05) is 52.7 Å². The van der Waals surface area contributed by atoms with Crippen LogP contribution in [0.15, 0.2) is 24.3 Å². The van der Waals surface area contributed by atoms with E-state index in [1.807, 2.05) is 0 Å². The Labute approximate surface area is 177 Å². The Morgan fingerprint density at radius 2 is 1.70 bits per heavy atom. The number of hydrogen-bond acceptors (Lipinski definition) is 5. The van der Waals surface area contributed by atoms with E-state index < -0.39 is 30.4 Å². The molecular weight excluding hydrogens is 384 g/mol. The minimum Gasteiger partial charge on any atom is -0.454 e. The lowest BCUT2D eigenvalue weighted by molar-refractivity contribution is -0.154. The predicted molar refractivity (Wildman–Crippen MR) is 111 cm³/mol. The van der Waals surface area contributed by atoms with E-state index in [4.69, 9.17) is 4.74 Å². The Balaban J connectivity index is 1.63. The second-order valence-corrected chi connectivity index (χ2v) is 8.76. The number of fused-ring (bicyclic) bond motifs is 1. The monoisotopic (exact) mass is 414 g/mol. The summed E-state index contributed by atoms with van der Waals surface area (Å²) in [7, 11) is 0. The molecule has 2 aliphatic rings. The van der Waals surface area contributed by atoms with Gasteiger partial charge >= 0.3 is 5.97 Å². The SMILES string of the molecule is CC(C)[C@H](C(=O)OCC(=O)N[C@@H]1CCC[C@H](C)[C@H]1C)N1C(=O)c2ccccc2C1=O. The van der Waals surface area contributed by atoms with Crippen LogP contribution < -0.4 is 5.32 Å². The van der Waals surface area contributed by atoms with E-state index in [-0.39, 0.29) is 29.0 Å². The van der Waals surface area contributed by atoms with Crippen molar-refractivity contribution >= 4 is 23.7 Å². The second kappa shape index (κ2) is 8.98. The maximum atomic E-state index is 12.8. The van der Waals surface area contributed by atoms with Crippen molar-refractivity contribution in [1.82, 2.24) is 10.2 Å². The maximum absolute atomic E-state index is 12.8. The molecule has 3 amide bonds. The molecule has 1 N–H and O–H groups in total. The van der Waals surface area contributed by atoms with Gasteiger partial charge in [-0.2, -0.15) is 0 Å². The zero-order valence-corrected chi connectivity index (χ0v) is 18.0. The van der Waals surface area contributed by atoms with Crippen molar-refractivity contribution in [3.05, 3.63) is 35.4 Å². The molecule has 0 aromatic heterocycles. The van der Waals surface area contributed by atoms with Crippen molar-refractivity contribution in [2.75, 3.05) is 6.61 Å². The molecule has 0 radical (unpaired) electrons. The normalized spacial score (nSPS) is 24.6. The van der Waals surface area contributed by atoms with Crippen LogP contribution in [-0.4, -0.2) is 47.3 Å². The molecule has 30 heavy (non-hydrogen) atoms.